The van der Waals surface area contributed by atoms with E-state index in [1.807, 2.05) is 0 Å². The topological polar surface area (TPSA) is 75.3 Å². The first kappa shape index (κ1) is 12.2. The molecule has 6 heteroatoms. The number of hydrogen-bond acceptors (Lipinski definition) is 4. The molecule has 88 valence electrons. The molecule has 16 heavy (non-hydrogen) atoms. The van der Waals surface area contributed by atoms with Crippen LogP contribution in [0, 0.1) is 0 Å². The zero-order valence-corrected chi connectivity index (χ0v) is 9.77. The largest absolute Gasteiger partial charge is 0.443 e. The number of amides is 1. The first-order valence-electron chi connectivity index (χ1n) is 4.80. The van der Waals surface area contributed by atoms with E-state index in [0.29, 0.717) is 12.0 Å². The number of hydrogen-bond donors (Lipinski definition) is 1. The van der Waals surface area contributed by atoms with Crippen LogP contribution in [0.1, 0.15) is 31.3 Å². The van der Waals surface area contributed by atoms with Gasteiger partial charge in [0.15, 0.2) is 6.29 Å². The lowest BCUT2D eigenvalue weighted by Gasteiger charge is -2.24. The maximum absolute atomic E-state index is 11.7. The van der Waals surface area contributed by atoms with Crippen LogP contribution in [-0.2, 0) is 4.74 Å². The van der Waals surface area contributed by atoms with Gasteiger partial charge in [0.2, 0.25) is 0 Å². The summed E-state index contributed by atoms with van der Waals surface area (Å²) in [6.07, 6.45) is 1.47. The number of rotatable bonds is 2. The number of H-pyrrole nitrogens is 1. The van der Waals surface area contributed by atoms with E-state index < -0.39 is 11.7 Å². The van der Waals surface area contributed by atoms with Gasteiger partial charge in [0.1, 0.15) is 11.3 Å². The number of carbonyl (C=O) groups excluding carboxylic acids is 2. The molecule has 0 atom stereocenters. The third kappa shape index (κ3) is 2.82. The van der Waals surface area contributed by atoms with Crippen LogP contribution >= 0.6 is 0 Å². The molecule has 0 bridgehead atoms. The van der Waals surface area contributed by atoms with Crippen molar-refractivity contribution in [1.82, 2.24) is 10.2 Å². The van der Waals surface area contributed by atoms with Crippen molar-refractivity contribution < 1.29 is 14.3 Å². The summed E-state index contributed by atoms with van der Waals surface area (Å²) < 4.78 is 5.15. The Balaban J connectivity index is 2.82. The fourth-order valence-electron chi connectivity index (χ4n) is 1.07. The van der Waals surface area contributed by atoms with Crippen molar-refractivity contribution in [2.24, 2.45) is 0 Å². The quantitative estimate of drug-likeness (QED) is 0.775. The van der Waals surface area contributed by atoms with Gasteiger partial charge in [-0.1, -0.05) is 0 Å². The van der Waals surface area contributed by atoms with Gasteiger partial charge in [-0.15, -0.1) is 0 Å². The molecular weight excluding hydrogens is 210 g/mol. The van der Waals surface area contributed by atoms with E-state index in [9.17, 15) is 9.59 Å². The summed E-state index contributed by atoms with van der Waals surface area (Å²) in [4.78, 5) is 23.6. The molecule has 0 saturated heterocycles. The molecule has 1 aromatic heterocycles. The van der Waals surface area contributed by atoms with E-state index in [4.69, 9.17) is 4.74 Å². The van der Waals surface area contributed by atoms with Crippen molar-refractivity contribution >= 4 is 18.1 Å². The van der Waals surface area contributed by atoms with Crippen molar-refractivity contribution in [2.75, 3.05) is 11.9 Å². The first-order chi connectivity index (χ1) is 7.35. The Morgan fingerprint density at radius 2 is 2.19 bits per heavy atom. The Labute approximate surface area is 93.6 Å². The van der Waals surface area contributed by atoms with E-state index in [1.165, 1.54) is 18.1 Å². The molecule has 1 aromatic rings. The minimum atomic E-state index is -0.573. The number of ether oxygens (including phenoxy) is 1. The van der Waals surface area contributed by atoms with E-state index in [2.05, 4.69) is 10.2 Å². The third-order valence-corrected chi connectivity index (χ3v) is 1.79. The van der Waals surface area contributed by atoms with E-state index >= 15 is 0 Å². The molecular formula is C10H15N3O3. The van der Waals surface area contributed by atoms with Crippen molar-refractivity contribution in [2.45, 2.75) is 26.4 Å². The minimum absolute atomic E-state index is 0.244. The van der Waals surface area contributed by atoms with Crippen LogP contribution in [-0.4, -0.2) is 35.2 Å². The van der Waals surface area contributed by atoms with E-state index in [-0.39, 0.29) is 5.69 Å². The van der Waals surface area contributed by atoms with Crippen LogP contribution in [0.5, 0.6) is 0 Å². The molecule has 0 aromatic carbocycles. The van der Waals surface area contributed by atoms with Crippen LogP contribution < -0.4 is 4.90 Å². The number of anilines is 1. The highest BCUT2D eigenvalue weighted by molar-refractivity contribution is 5.93. The lowest BCUT2D eigenvalue weighted by atomic mass is 10.2. The molecule has 1 amide bonds. The maximum atomic E-state index is 11.7. The molecule has 6 nitrogen and oxygen atoms in total. The summed E-state index contributed by atoms with van der Waals surface area (Å²) in [5.41, 5.74) is 0.0637. The summed E-state index contributed by atoms with van der Waals surface area (Å²) in [7, 11) is 1.52. The van der Waals surface area contributed by atoms with Gasteiger partial charge in [-0.05, 0) is 20.8 Å². The van der Waals surface area contributed by atoms with Crippen LogP contribution in [0.4, 0.5) is 10.5 Å². The monoisotopic (exact) mass is 225 g/mol. The van der Waals surface area contributed by atoms with Gasteiger partial charge in [-0.3, -0.25) is 14.8 Å². The zero-order valence-electron chi connectivity index (χ0n) is 9.77. The summed E-state index contributed by atoms with van der Waals surface area (Å²) in [5.74, 6) is 0. The molecule has 1 N–H and O–H groups in total. The molecule has 0 aliphatic heterocycles. The van der Waals surface area contributed by atoms with E-state index in [0.717, 1.165) is 0 Å². The third-order valence-electron chi connectivity index (χ3n) is 1.79. The number of carbonyl (C=O) groups is 2. The van der Waals surface area contributed by atoms with Gasteiger partial charge in [0, 0.05) is 7.05 Å². The second kappa shape index (κ2) is 4.34. The van der Waals surface area contributed by atoms with Gasteiger partial charge < -0.3 is 4.74 Å². The minimum Gasteiger partial charge on any atom is -0.443 e. The van der Waals surface area contributed by atoms with Gasteiger partial charge in [0.05, 0.1) is 11.9 Å². The molecule has 0 spiro atoms. The smallest absolute Gasteiger partial charge is 0.414 e. The van der Waals surface area contributed by atoms with Crippen molar-refractivity contribution in [3.63, 3.8) is 0 Å². The predicted molar refractivity (Wildman–Crippen MR) is 58.6 cm³/mol. The number of aromatic amines is 1. The number of nitrogens with one attached hydrogen (secondary N) is 1. The van der Waals surface area contributed by atoms with Crippen molar-refractivity contribution in [3.05, 3.63) is 11.9 Å². The van der Waals surface area contributed by atoms with Gasteiger partial charge in [-0.25, -0.2) is 4.79 Å². The Morgan fingerprint density at radius 1 is 1.56 bits per heavy atom. The Kier molecular flexibility index (Phi) is 3.31. The summed E-state index contributed by atoms with van der Waals surface area (Å²) in [6.45, 7) is 5.32. The van der Waals surface area contributed by atoms with E-state index in [1.54, 1.807) is 20.8 Å². The number of nitrogens with zero attached hydrogens (tertiary/aromatic N) is 2. The molecule has 0 unspecified atom stereocenters. The highest BCUT2D eigenvalue weighted by Gasteiger charge is 2.22. The van der Waals surface area contributed by atoms with Crippen molar-refractivity contribution in [3.8, 4) is 0 Å². The summed E-state index contributed by atoms with van der Waals surface area (Å²) in [5, 5.41) is 6.17. The first-order valence-corrected chi connectivity index (χ1v) is 4.80. The summed E-state index contributed by atoms with van der Waals surface area (Å²) >= 11 is 0. The number of aromatic nitrogens is 2. The van der Waals surface area contributed by atoms with Gasteiger partial charge in [0.25, 0.3) is 0 Å². The standard InChI is InChI=1S/C10H15N3O3/c1-10(2,3)16-9(15)13(4)8-5-11-12-7(8)6-14/h5-6H,1-4H3,(H,11,12). The molecule has 0 aliphatic rings. The Bertz CT molecular complexity index is 392. The fraction of sp³-hybridized carbons (Fsp3) is 0.500. The van der Waals surface area contributed by atoms with Crippen LogP contribution in [0.25, 0.3) is 0 Å². The highest BCUT2D eigenvalue weighted by Crippen LogP contribution is 2.17. The molecule has 1 heterocycles. The molecule has 0 saturated carbocycles. The SMILES string of the molecule is CN(C(=O)OC(C)(C)C)c1cn[nH]c1C=O. The zero-order chi connectivity index (χ0) is 12.3. The predicted octanol–water partition coefficient (Wildman–Crippen LogP) is 1.59. The van der Waals surface area contributed by atoms with Crippen molar-refractivity contribution in [1.29, 1.82) is 0 Å². The molecule has 0 aliphatic carbocycles. The second-order valence-electron chi connectivity index (χ2n) is 4.33. The average molecular weight is 225 g/mol. The van der Waals surface area contributed by atoms with Gasteiger partial charge >= 0.3 is 6.09 Å². The fourth-order valence-corrected chi connectivity index (χ4v) is 1.07. The molecule has 0 radical (unpaired) electrons. The molecule has 0 fully saturated rings. The highest BCUT2D eigenvalue weighted by atomic mass is 16.6. The maximum Gasteiger partial charge on any atom is 0.414 e. The Morgan fingerprint density at radius 3 is 2.69 bits per heavy atom. The lowest BCUT2D eigenvalue weighted by molar-refractivity contribution is 0.0589. The normalized spacial score (nSPS) is 11.0. The Hall–Kier alpha value is -1.85. The second-order valence-corrected chi connectivity index (χ2v) is 4.33. The molecule has 1 rings (SSSR count). The van der Waals surface area contributed by atoms with Crippen LogP contribution in [0.2, 0.25) is 0 Å². The van der Waals surface area contributed by atoms with Gasteiger partial charge in [-0.2, -0.15) is 5.10 Å². The average Bonchev–Trinajstić information content (AvgIpc) is 2.61. The lowest BCUT2D eigenvalue weighted by Crippen LogP contribution is -2.34. The van der Waals surface area contributed by atoms with Crippen LogP contribution in [0.15, 0.2) is 6.20 Å². The number of aldehydes is 1. The van der Waals surface area contributed by atoms with Crippen LogP contribution in [0.3, 0.4) is 0 Å². The summed E-state index contributed by atoms with van der Waals surface area (Å²) in [6, 6.07) is 0.